The van der Waals surface area contributed by atoms with Crippen molar-refractivity contribution in [2.75, 3.05) is 5.32 Å². The lowest BCUT2D eigenvalue weighted by atomic mass is 9.72. The molecule has 10 bridgehead atoms. The number of amides is 1. The van der Waals surface area contributed by atoms with Crippen molar-refractivity contribution in [2.45, 2.75) is 50.4 Å². The normalized spacial score (nSPS) is 22.4. The second-order valence-electron chi connectivity index (χ2n) is 14.2. The van der Waals surface area contributed by atoms with Gasteiger partial charge in [0.25, 0.3) is 0 Å². The number of alkyl halides is 3. The molecule has 0 fully saturated rings. The molecule has 0 saturated heterocycles. The fraction of sp³-hybridized carbons (Fsp3) is 0.270. The molecule has 10 rings (SSSR count). The SMILES string of the molecule is CC(C)[C@@H]1NC(=O)[C@@H](C)Cc2ccc3c(c2)C24c5cccc(c5N[C@H]2O3)-c2ccc(OS(=O)(=O)C(F)(F)F)c3[nH]cc(c23)-c2cnc(o2)-c2nc1oc24. The van der Waals surface area contributed by atoms with E-state index in [1.807, 2.05) is 57.2 Å². The van der Waals surface area contributed by atoms with Gasteiger partial charge in [-0.05, 0) is 41.7 Å². The summed E-state index contributed by atoms with van der Waals surface area (Å²) < 4.78 is 89.5. The highest BCUT2D eigenvalue weighted by Gasteiger charge is 2.61. The Morgan fingerprint density at radius 2 is 1.85 bits per heavy atom. The number of oxazole rings is 2. The minimum atomic E-state index is -6.00. The highest BCUT2D eigenvalue weighted by atomic mass is 32.2. The first-order valence-electron chi connectivity index (χ1n) is 16.9. The van der Waals surface area contributed by atoms with E-state index >= 15 is 0 Å². The van der Waals surface area contributed by atoms with Crippen LogP contribution >= 0.6 is 0 Å². The summed E-state index contributed by atoms with van der Waals surface area (Å²) in [5.74, 6) is 0.314. The number of H-pyrrole nitrogens is 1. The number of carbonyl (C=O) groups is 1. The van der Waals surface area contributed by atoms with E-state index in [2.05, 4.69) is 24.8 Å². The summed E-state index contributed by atoms with van der Waals surface area (Å²) in [5, 5.41) is 7.08. The van der Waals surface area contributed by atoms with Crippen LogP contribution in [0.3, 0.4) is 0 Å². The number of fused-ring (bicyclic) bond motifs is 7. The molecule has 4 aliphatic rings. The lowest BCUT2D eigenvalue weighted by Crippen LogP contribution is -2.40. The van der Waals surface area contributed by atoms with Crippen LogP contribution in [0.1, 0.15) is 55.2 Å². The highest BCUT2D eigenvalue weighted by molar-refractivity contribution is 7.88. The Morgan fingerprint density at radius 3 is 2.64 bits per heavy atom. The lowest BCUT2D eigenvalue weighted by Gasteiger charge is -2.28. The molecule has 4 atom stereocenters. The Labute approximate surface area is 298 Å². The number of aromatic nitrogens is 3. The average molecular weight is 744 g/mol. The molecule has 53 heavy (non-hydrogen) atoms. The summed E-state index contributed by atoms with van der Waals surface area (Å²) in [7, 11) is -6.00. The molecule has 1 spiro atoms. The number of aromatic amines is 1. The fourth-order valence-electron chi connectivity index (χ4n) is 8.17. The molecule has 0 aliphatic carbocycles. The first-order chi connectivity index (χ1) is 25.3. The third-order valence-electron chi connectivity index (χ3n) is 10.6. The third-order valence-corrected chi connectivity index (χ3v) is 11.6. The molecule has 270 valence electrons. The van der Waals surface area contributed by atoms with Crippen LogP contribution in [0.15, 0.2) is 69.8 Å². The second kappa shape index (κ2) is 10.4. The number of carbonyl (C=O) groups excluding carboxylic acids is 1. The zero-order valence-electron chi connectivity index (χ0n) is 28.1. The van der Waals surface area contributed by atoms with Crippen molar-refractivity contribution in [2.24, 2.45) is 11.8 Å². The quantitative estimate of drug-likeness (QED) is 0.125. The molecule has 3 aromatic carbocycles. The predicted octanol–water partition coefficient (Wildman–Crippen LogP) is 7.17. The van der Waals surface area contributed by atoms with Crippen LogP contribution in [0.2, 0.25) is 0 Å². The van der Waals surface area contributed by atoms with Gasteiger partial charge in [0.2, 0.25) is 17.7 Å². The van der Waals surface area contributed by atoms with Crippen molar-refractivity contribution in [3.63, 3.8) is 0 Å². The molecule has 3 aromatic heterocycles. The van der Waals surface area contributed by atoms with Crippen molar-refractivity contribution < 1.29 is 44.1 Å². The summed E-state index contributed by atoms with van der Waals surface area (Å²) >= 11 is 0. The van der Waals surface area contributed by atoms with Gasteiger partial charge in [-0.25, -0.2) is 9.97 Å². The molecule has 7 heterocycles. The number of hydrogen-bond donors (Lipinski definition) is 3. The second-order valence-corrected chi connectivity index (χ2v) is 15.7. The summed E-state index contributed by atoms with van der Waals surface area (Å²) in [6.45, 7) is 5.80. The molecule has 1 amide bonds. The van der Waals surface area contributed by atoms with E-state index in [1.165, 1.54) is 24.5 Å². The molecule has 6 aromatic rings. The average Bonchev–Trinajstić information content (AvgIpc) is 3.92. The molecular weight excluding hydrogens is 715 g/mol. The number of rotatable bonds is 3. The van der Waals surface area contributed by atoms with E-state index in [0.717, 1.165) is 16.7 Å². The molecule has 1 unspecified atom stereocenters. The van der Waals surface area contributed by atoms with Gasteiger partial charge in [-0.15, -0.1) is 0 Å². The number of anilines is 1. The topological polar surface area (TPSA) is 162 Å². The lowest BCUT2D eigenvalue weighted by molar-refractivity contribution is -0.125. The first-order valence-corrected chi connectivity index (χ1v) is 18.3. The van der Waals surface area contributed by atoms with Crippen molar-refractivity contribution in [1.82, 2.24) is 20.3 Å². The first kappa shape index (κ1) is 31.9. The van der Waals surface area contributed by atoms with Crippen LogP contribution < -0.4 is 19.6 Å². The van der Waals surface area contributed by atoms with Crippen LogP contribution in [-0.2, 0) is 26.7 Å². The molecular formula is C37H28F3N5O7S. The van der Waals surface area contributed by atoms with E-state index in [0.29, 0.717) is 45.7 Å². The van der Waals surface area contributed by atoms with E-state index in [4.69, 9.17) is 18.6 Å². The molecule has 16 heteroatoms. The Hall–Kier alpha value is -5.77. The zero-order valence-corrected chi connectivity index (χ0v) is 28.9. The van der Waals surface area contributed by atoms with Crippen LogP contribution in [0.25, 0.3) is 44.9 Å². The van der Waals surface area contributed by atoms with E-state index in [9.17, 15) is 26.4 Å². The Bertz CT molecular complexity index is 2680. The van der Waals surface area contributed by atoms with Crippen LogP contribution in [0.5, 0.6) is 11.5 Å². The number of nitrogens with one attached hydrogen (secondary N) is 3. The molecule has 4 aliphatic heterocycles. The van der Waals surface area contributed by atoms with Gasteiger partial charge in [-0.1, -0.05) is 51.1 Å². The number of hydrogen-bond acceptors (Lipinski definition) is 10. The van der Waals surface area contributed by atoms with Gasteiger partial charge < -0.3 is 33.4 Å². The maximum Gasteiger partial charge on any atom is 0.534 e. The number of ether oxygens (including phenoxy) is 1. The number of benzene rings is 3. The molecule has 0 saturated carbocycles. The van der Waals surface area contributed by atoms with Gasteiger partial charge in [0, 0.05) is 45.4 Å². The maximum absolute atomic E-state index is 13.6. The van der Waals surface area contributed by atoms with E-state index in [-0.39, 0.29) is 46.5 Å². The smallest absolute Gasteiger partial charge is 0.469 e. The molecule has 3 N–H and O–H groups in total. The molecule has 12 nitrogen and oxygen atoms in total. The fourth-order valence-corrected chi connectivity index (χ4v) is 8.64. The van der Waals surface area contributed by atoms with Gasteiger partial charge in [-0.2, -0.15) is 21.6 Å². The van der Waals surface area contributed by atoms with Crippen molar-refractivity contribution in [3.05, 3.63) is 89.3 Å². The van der Waals surface area contributed by atoms with E-state index in [1.54, 1.807) is 0 Å². The van der Waals surface area contributed by atoms with Crippen molar-refractivity contribution in [3.8, 4) is 45.5 Å². The van der Waals surface area contributed by atoms with Gasteiger partial charge >= 0.3 is 15.6 Å². The standard InChI is InChI=1S/C37H28F3N5O7S/c1-15(2)27-34-44-30-31(51-34)36-21-6-4-5-19(28(21)45-35(36)50-23-9-7-17(12-22(23)36)11-16(3)32(46)43-27)18-8-10-24(52-53(47,48)37(38,39)40)29-26(18)20(13-41-29)25-14-42-33(30)49-25/h4-10,12-16,27,35,41,45H,11H2,1-3H3,(H,43,46)/t16-,27-,35-,36?/m0/s1. The van der Waals surface area contributed by atoms with Crippen LogP contribution in [0, 0.1) is 11.8 Å². The Morgan fingerprint density at radius 1 is 1.02 bits per heavy atom. The van der Waals surface area contributed by atoms with Gasteiger partial charge in [0.05, 0.1) is 11.7 Å². The van der Waals surface area contributed by atoms with Crippen LogP contribution in [-0.4, -0.2) is 41.0 Å². The minimum absolute atomic E-state index is 0.00970. The van der Waals surface area contributed by atoms with Crippen LogP contribution in [0.4, 0.5) is 18.9 Å². The summed E-state index contributed by atoms with van der Waals surface area (Å²) in [5.41, 5.74) is -1.92. The zero-order chi connectivity index (χ0) is 36.8. The largest absolute Gasteiger partial charge is 0.534 e. The summed E-state index contributed by atoms with van der Waals surface area (Å²) in [4.78, 5) is 26.1. The van der Waals surface area contributed by atoms with Crippen molar-refractivity contribution >= 4 is 32.6 Å². The number of para-hydroxylation sites is 1. The predicted molar refractivity (Wildman–Crippen MR) is 183 cm³/mol. The summed E-state index contributed by atoms with van der Waals surface area (Å²) in [6, 6.07) is 13.6. The van der Waals surface area contributed by atoms with Gasteiger partial charge in [-0.3, -0.25) is 4.79 Å². The maximum atomic E-state index is 13.6. The van der Waals surface area contributed by atoms with Gasteiger partial charge in [0.15, 0.2) is 29.2 Å². The number of nitrogens with zero attached hydrogens (tertiary/aromatic N) is 2. The van der Waals surface area contributed by atoms with E-state index < -0.39 is 39.1 Å². The Balaban J connectivity index is 1.32. The van der Waals surface area contributed by atoms with Crippen molar-refractivity contribution in [1.29, 1.82) is 0 Å². The monoisotopic (exact) mass is 743 g/mol. The summed E-state index contributed by atoms with van der Waals surface area (Å²) in [6.07, 6.45) is 2.63. The number of halogens is 3. The Kier molecular flexibility index (Phi) is 6.28. The highest BCUT2D eigenvalue weighted by Crippen LogP contribution is 2.61. The minimum Gasteiger partial charge on any atom is -0.469 e. The third kappa shape index (κ3) is 4.23. The molecule has 0 radical (unpaired) electrons. The van der Waals surface area contributed by atoms with Gasteiger partial charge in [0.1, 0.15) is 17.2 Å².